The fourth-order valence-corrected chi connectivity index (χ4v) is 1.49. The number of hydrazine groups is 1. The van der Waals surface area contributed by atoms with Gasteiger partial charge in [-0.1, -0.05) is 13.8 Å². The van der Waals surface area contributed by atoms with Crippen molar-refractivity contribution < 1.29 is 4.79 Å². The second-order valence-corrected chi connectivity index (χ2v) is 3.19. The first kappa shape index (κ1) is 13.4. The molecule has 0 aromatic heterocycles. The van der Waals surface area contributed by atoms with Crippen LogP contribution in [0.5, 0.6) is 0 Å². The minimum atomic E-state index is 0.130. The van der Waals surface area contributed by atoms with Gasteiger partial charge in [-0.25, -0.2) is 5.01 Å². The van der Waals surface area contributed by atoms with Gasteiger partial charge in [0, 0.05) is 32.6 Å². The molecule has 0 aromatic carbocycles. The lowest BCUT2D eigenvalue weighted by atomic mass is 10.4. The molecule has 0 aliphatic heterocycles. The van der Waals surface area contributed by atoms with Crippen LogP contribution in [0.3, 0.4) is 0 Å². The van der Waals surface area contributed by atoms with E-state index in [4.69, 9.17) is 5.73 Å². The van der Waals surface area contributed by atoms with Crippen LogP contribution in [-0.2, 0) is 4.79 Å². The highest BCUT2D eigenvalue weighted by atomic mass is 16.2. The minimum absolute atomic E-state index is 0.130. The predicted molar refractivity (Wildman–Crippen MR) is 58.6 cm³/mol. The maximum absolute atomic E-state index is 11.7. The monoisotopic (exact) mass is 201 g/mol. The summed E-state index contributed by atoms with van der Waals surface area (Å²) >= 11 is 0. The summed E-state index contributed by atoms with van der Waals surface area (Å²) in [5, 5.41) is 3.88. The first-order valence-corrected chi connectivity index (χ1v) is 5.46. The Kier molecular flexibility index (Phi) is 7.42. The number of hydrogen-bond donors (Lipinski definition) is 1. The van der Waals surface area contributed by atoms with Gasteiger partial charge in [0.25, 0.3) is 0 Å². The Morgan fingerprint density at radius 2 is 1.86 bits per heavy atom. The first-order valence-electron chi connectivity index (χ1n) is 5.46. The average Bonchev–Trinajstić information content (AvgIpc) is 2.18. The molecule has 2 N–H and O–H groups in total. The van der Waals surface area contributed by atoms with Crippen molar-refractivity contribution in [2.45, 2.75) is 33.6 Å². The number of carbonyl (C=O) groups is 1. The van der Waals surface area contributed by atoms with Crippen molar-refractivity contribution in [3.05, 3.63) is 0 Å². The van der Waals surface area contributed by atoms with E-state index < -0.39 is 0 Å². The van der Waals surface area contributed by atoms with Gasteiger partial charge in [-0.05, 0) is 13.3 Å². The molecule has 0 unspecified atom stereocenters. The number of rotatable bonds is 7. The van der Waals surface area contributed by atoms with Crippen molar-refractivity contribution in [2.24, 2.45) is 5.73 Å². The third-order valence-corrected chi connectivity index (χ3v) is 2.13. The summed E-state index contributed by atoms with van der Waals surface area (Å²) in [6, 6.07) is 0. The van der Waals surface area contributed by atoms with Gasteiger partial charge in [0.2, 0.25) is 5.91 Å². The second kappa shape index (κ2) is 7.76. The smallest absolute Gasteiger partial charge is 0.238 e. The van der Waals surface area contributed by atoms with Crippen LogP contribution in [0, 0.1) is 0 Å². The molecule has 0 bridgehead atoms. The van der Waals surface area contributed by atoms with Crippen molar-refractivity contribution in [1.82, 2.24) is 10.0 Å². The molecule has 0 heterocycles. The Hall–Kier alpha value is -0.610. The number of hydrogen-bond acceptors (Lipinski definition) is 3. The lowest BCUT2D eigenvalue weighted by Gasteiger charge is -2.33. The van der Waals surface area contributed by atoms with Gasteiger partial charge in [-0.3, -0.25) is 9.80 Å². The highest BCUT2D eigenvalue weighted by molar-refractivity contribution is 5.75. The van der Waals surface area contributed by atoms with Gasteiger partial charge in [-0.15, -0.1) is 0 Å². The molecule has 0 aromatic rings. The van der Waals surface area contributed by atoms with Crippen molar-refractivity contribution in [1.29, 1.82) is 0 Å². The van der Waals surface area contributed by atoms with Gasteiger partial charge >= 0.3 is 0 Å². The highest BCUT2D eigenvalue weighted by Gasteiger charge is 2.16. The van der Waals surface area contributed by atoms with Crippen molar-refractivity contribution in [2.75, 3.05) is 26.2 Å². The molecule has 84 valence electrons. The maximum Gasteiger partial charge on any atom is 0.238 e. The quantitative estimate of drug-likeness (QED) is 0.621. The lowest BCUT2D eigenvalue weighted by Crippen LogP contribution is -2.47. The minimum Gasteiger partial charge on any atom is -0.330 e. The van der Waals surface area contributed by atoms with E-state index in [2.05, 4.69) is 18.9 Å². The van der Waals surface area contributed by atoms with Crippen LogP contribution < -0.4 is 5.73 Å². The Balaban J connectivity index is 4.26. The molecule has 4 nitrogen and oxygen atoms in total. The van der Waals surface area contributed by atoms with Crippen molar-refractivity contribution in [3.63, 3.8) is 0 Å². The molecule has 0 saturated heterocycles. The zero-order chi connectivity index (χ0) is 11.0. The van der Waals surface area contributed by atoms with Crippen LogP contribution in [0.2, 0.25) is 0 Å². The van der Waals surface area contributed by atoms with Gasteiger partial charge in [0.05, 0.1) is 0 Å². The fourth-order valence-electron chi connectivity index (χ4n) is 1.49. The first-order chi connectivity index (χ1) is 6.71. The largest absolute Gasteiger partial charge is 0.330 e. The molecule has 14 heavy (non-hydrogen) atoms. The zero-order valence-corrected chi connectivity index (χ0v) is 9.62. The summed E-state index contributed by atoms with van der Waals surface area (Å²) in [5.74, 6) is 0.130. The molecule has 0 aliphatic rings. The van der Waals surface area contributed by atoms with Gasteiger partial charge in [-0.2, -0.15) is 0 Å². The van der Waals surface area contributed by atoms with Crippen molar-refractivity contribution >= 4 is 5.91 Å². The zero-order valence-electron chi connectivity index (χ0n) is 9.62. The number of amides is 1. The van der Waals surface area contributed by atoms with E-state index in [1.807, 2.05) is 6.92 Å². The molecule has 0 rings (SSSR count). The number of carbonyl (C=O) groups excluding carboxylic acids is 1. The molecular weight excluding hydrogens is 178 g/mol. The standard InChI is InChI=1S/C10H23N3O/c1-4-9-12(5-2)13(6-3)10(14)7-8-11/h4-9,11H2,1-3H3. The normalized spacial score (nSPS) is 10.6. The summed E-state index contributed by atoms with van der Waals surface area (Å²) in [6.45, 7) is 9.13. The van der Waals surface area contributed by atoms with E-state index in [1.54, 1.807) is 5.01 Å². The van der Waals surface area contributed by atoms with Crippen LogP contribution in [-0.4, -0.2) is 42.1 Å². The molecular formula is C10H23N3O. The third kappa shape index (κ3) is 4.07. The average molecular weight is 201 g/mol. The Morgan fingerprint density at radius 3 is 2.21 bits per heavy atom. The van der Waals surface area contributed by atoms with E-state index in [1.165, 1.54) is 0 Å². The van der Waals surface area contributed by atoms with Crippen LogP contribution in [0.4, 0.5) is 0 Å². The third-order valence-electron chi connectivity index (χ3n) is 2.13. The topological polar surface area (TPSA) is 49.6 Å². The predicted octanol–water partition coefficient (Wildman–Crippen LogP) is 0.831. The summed E-state index contributed by atoms with van der Waals surface area (Å²) in [7, 11) is 0. The summed E-state index contributed by atoms with van der Waals surface area (Å²) < 4.78 is 0. The van der Waals surface area contributed by atoms with E-state index in [0.717, 1.165) is 26.1 Å². The summed E-state index contributed by atoms with van der Waals surface area (Å²) in [5.41, 5.74) is 5.37. The summed E-state index contributed by atoms with van der Waals surface area (Å²) in [6.07, 6.45) is 1.49. The van der Waals surface area contributed by atoms with Crippen molar-refractivity contribution in [3.8, 4) is 0 Å². The van der Waals surface area contributed by atoms with Crippen LogP contribution in [0.15, 0.2) is 0 Å². The second-order valence-electron chi connectivity index (χ2n) is 3.19. The fraction of sp³-hybridized carbons (Fsp3) is 0.900. The number of nitrogens with two attached hydrogens (primary N) is 1. The number of nitrogens with zero attached hydrogens (tertiary/aromatic N) is 2. The lowest BCUT2D eigenvalue weighted by molar-refractivity contribution is -0.148. The highest BCUT2D eigenvalue weighted by Crippen LogP contribution is 2.01. The SMILES string of the molecule is CCCN(CC)N(CC)C(=O)CCN. The molecule has 0 aliphatic carbocycles. The molecule has 0 atom stereocenters. The Labute approximate surface area is 87.0 Å². The van der Waals surface area contributed by atoms with E-state index in [0.29, 0.717) is 13.0 Å². The molecule has 0 fully saturated rings. The van der Waals surface area contributed by atoms with Gasteiger partial charge in [0.1, 0.15) is 0 Å². The van der Waals surface area contributed by atoms with E-state index in [-0.39, 0.29) is 5.91 Å². The van der Waals surface area contributed by atoms with E-state index >= 15 is 0 Å². The molecule has 1 amide bonds. The molecule has 4 heteroatoms. The molecule has 0 radical (unpaired) electrons. The van der Waals surface area contributed by atoms with E-state index in [9.17, 15) is 4.79 Å². The van der Waals surface area contributed by atoms with Gasteiger partial charge in [0.15, 0.2) is 0 Å². The Morgan fingerprint density at radius 1 is 1.21 bits per heavy atom. The molecule has 0 spiro atoms. The maximum atomic E-state index is 11.7. The van der Waals surface area contributed by atoms with Crippen LogP contribution >= 0.6 is 0 Å². The molecule has 0 saturated carbocycles. The Bertz CT molecular complexity index is 161. The van der Waals surface area contributed by atoms with Crippen LogP contribution in [0.25, 0.3) is 0 Å². The summed E-state index contributed by atoms with van der Waals surface area (Å²) in [4.78, 5) is 11.7. The van der Waals surface area contributed by atoms with Gasteiger partial charge < -0.3 is 5.73 Å². The van der Waals surface area contributed by atoms with Crippen LogP contribution in [0.1, 0.15) is 33.6 Å².